The predicted molar refractivity (Wildman–Crippen MR) is 50.7 cm³/mol. The van der Waals surface area contributed by atoms with E-state index in [-0.39, 0.29) is 17.8 Å². The fraction of sp³-hybridized carbons (Fsp3) is 0.900. The van der Waals surface area contributed by atoms with Gasteiger partial charge in [0, 0.05) is 12.5 Å². The number of methoxy groups -OCH3 is 2. The van der Waals surface area contributed by atoms with Crippen LogP contribution >= 0.6 is 0 Å². The second-order valence-corrected chi connectivity index (χ2v) is 4.19. The molecule has 82 valence electrons. The summed E-state index contributed by atoms with van der Waals surface area (Å²) in [7, 11) is 2.93. The molecule has 1 heterocycles. The molecule has 1 rings (SSSR count). The number of rotatable bonds is 3. The van der Waals surface area contributed by atoms with E-state index < -0.39 is 5.79 Å². The lowest BCUT2D eigenvalue weighted by Gasteiger charge is -2.37. The Balaban J connectivity index is 2.80. The van der Waals surface area contributed by atoms with Crippen LogP contribution in [0.4, 0.5) is 0 Å². The van der Waals surface area contributed by atoms with E-state index in [0.29, 0.717) is 6.61 Å². The Bertz CT molecular complexity index is 224. The van der Waals surface area contributed by atoms with Crippen molar-refractivity contribution in [2.75, 3.05) is 20.8 Å². The molecule has 1 unspecified atom stereocenters. The molecule has 14 heavy (non-hydrogen) atoms. The lowest BCUT2D eigenvalue weighted by molar-refractivity contribution is -0.243. The molecular formula is C10H18O4. The number of hydrogen-bond acceptors (Lipinski definition) is 4. The van der Waals surface area contributed by atoms with Gasteiger partial charge in [-0.1, -0.05) is 13.8 Å². The summed E-state index contributed by atoms with van der Waals surface area (Å²) in [5, 5.41) is 0. The number of carbonyl (C=O) groups is 1. The number of esters is 1. The Kier molecular flexibility index (Phi) is 3.17. The molecule has 0 N–H and O–H groups in total. The van der Waals surface area contributed by atoms with Crippen LogP contribution in [0.1, 0.15) is 26.7 Å². The van der Waals surface area contributed by atoms with Gasteiger partial charge in [-0.15, -0.1) is 0 Å². The lowest BCUT2D eigenvalue weighted by atomic mass is 9.81. The Hall–Kier alpha value is -0.610. The first kappa shape index (κ1) is 11.5. The average molecular weight is 202 g/mol. The standard InChI is InChI=1S/C10H18O4/c1-9(2)5-6-14-10(9,13-4)7-8(11)12-3/h5-7H2,1-4H3. The molecule has 0 aromatic rings. The second kappa shape index (κ2) is 3.87. The third-order valence-electron chi connectivity index (χ3n) is 3.03. The molecule has 0 amide bonds. The van der Waals surface area contributed by atoms with Gasteiger partial charge in [0.25, 0.3) is 0 Å². The fourth-order valence-electron chi connectivity index (χ4n) is 1.82. The molecule has 0 saturated carbocycles. The van der Waals surface area contributed by atoms with Crippen LogP contribution in [0.15, 0.2) is 0 Å². The number of carbonyl (C=O) groups excluding carboxylic acids is 1. The molecule has 0 bridgehead atoms. The van der Waals surface area contributed by atoms with Crippen molar-refractivity contribution in [1.29, 1.82) is 0 Å². The first-order valence-electron chi connectivity index (χ1n) is 4.73. The van der Waals surface area contributed by atoms with E-state index in [0.717, 1.165) is 6.42 Å². The van der Waals surface area contributed by atoms with Crippen molar-refractivity contribution in [3.05, 3.63) is 0 Å². The van der Waals surface area contributed by atoms with E-state index in [1.165, 1.54) is 7.11 Å². The summed E-state index contributed by atoms with van der Waals surface area (Å²) >= 11 is 0. The molecule has 1 fully saturated rings. The molecule has 0 aromatic carbocycles. The maximum atomic E-state index is 11.2. The summed E-state index contributed by atoms with van der Waals surface area (Å²) in [5.41, 5.74) is -0.157. The quantitative estimate of drug-likeness (QED) is 0.648. The van der Waals surface area contributed by atoms with Crippen LogP contribution in [0.25, 0.3) is 0 Å². The summed E-state index contributed by atoms with van der Waals surface area (Å²) in [5.74, 6) is -1.12. The van der Waals surface area contributed by atoms with E-state index in [1.54, 1.807) is 7.11 Å². The van der Waals surface area contributed by atoms with Crippen LogP contribution in [-0.4, -0.2) is 32.6 Å². The van der Waals surface area contributed by atoms with Crippen molar-refractivity contribution in [2.24, 2.45) is 5.41 Å². The zero-order valence-electron chi connectivity index (χ0n) is 9.25. The maximum Gasteiger partial charge on any atom is 0.311 e. The third-order valence-corrected chi connectivity index (χ3v) is 3.03. The van der Waals surface area contributed by atoms with Crippen LogP contribution in [0.5, 0.6) is 0 Å². The van der Waals surface area contributed by atoms with Crippen molar-refractivity contribution in [1.82, 2.24) is 0 Å². The summed E-state index contributed by atoms with van der Waals surface area (Å²) < 4.78 is 15.6. The predicted octanol–water partition coefficient (Wildman–Crippen LogP) is 1.34. The highest BCUT2D eigenvalue weighted by Gasteiger charge is 2.52. The number of ether oxygens (including phenoxy) is 3. The van der Waals surface area contributed by atoms with Gasteiger partial charge in [-0.25, -0.2) is 0 Å². The van der Waals surface area contributed by atoms with Crippen molar-refractivity contribution in [2.45, 2.75) is 32.5 Å². The van der Waals surface area contributed by atoms with Crippen molar-refractivity contribution < 1.29 is 19.0 Å². The summed E-state index contributed by atoms with van der Waals surface area (Å²) in [6.45, 7) is 4.69. The highest BCUT2D eigenvalue weighted by molar-refractivity contribution is 5.70. The summed E-state index contributed by atoms with van der Waals surface area (Å²) in [6, 6.07) is 0. The molecule has 1 aliphatic rings. The van der Waals surface area contributed by atoms with E-state index in [4.69, 9.17) is 9.47 Å². The molecule has 0 aliphatic carbocycles. The largest absolute Gasteiger partial charge is 0.469 e. The lowest BCUT2D eigenvalue weighted by Crippen LogP contribution is -2.45. The highest BCUT2D eigenvalue weighted by Crippen LogP contribution is 2.45. The van der Waals surface area contributed by atoms with Gasteiger partial charge in [-0.05, 0) is 6.42 Å². The molecule has 4 heteroatoms. The zero-order valence-corrected chi connectivity index (χ0v) is 9.25. The molecule has 0 aromatic heterocycles. The molecule has 1 aliphatic heterocycles. The van der Waals surface area contributed by atoms with E-state index >= 15 is 0 Å². The first-order chi connectivity index (χ1) is 6.47. The van der Waals surface area contributed by atoms with Gasteiger partial charge >= 0.3 is 5.97 Å². The van der Waals surface area contributed by atoms with E-state index in [9.17, 15) is 4.79 Å². The minimum atomic E-state index is -0.819. The normalized spacial score (nSPS) is 30.3. The van der Waals surface area contributed by atoms with Gasteiger partial charge in [-0.2, -0.15) is 0 Å². The minimum Gasteiger partial charge on any atom is -0.469 e. The molecule has 0 radical (unpaired) electrons. The first-order valence-corrected chi connectivity index (χ1v) is 4.73. The Morgan fingerprint density at radius 1 is 1.43 bits per heavy atom. The number of hydrogen-bond donors (Lipinski definition) is 0. The van der Waals surface area contributed by atoms with Crippen LogP contribution in [0.2, 0.25) is 0 Å². The summed E-state index contributed by atoms with van der Waals surface area (Å²) in [6.07, 6.45) is 1.03. The van der Waals surface area contributed by atoms with E-state index in [2.05, 4.69) is 4.74 Å². The molecule has 0 spiro atoms. The second-order valence-electron chi connectivity index (χ2n) is 4.19. The zero-order chi connectivity index (χ0) is 10.8. The van der Waals surface area contributed by atoms with E-state index in [1.807, 2.05) is 13.8 Å². The van der Waals surface area contributed by atoms with Crippen molar-refractivity contribution >= 4 is 5.97 Å². The molecular weight excluding hydrogens is 184 g/mol. The van der Waals surface area contributed by atoms with Crippen molar-refractivity contribution in [3.8, 4) is 0 Å². The highest BCUT2D eigenvalue weighted by atomic mass is 16.7. The SMILES string of the molecule is COC(=O)CC1(OC)OCCC1(C)C. The van der Waals surface area contributed by atoms with Crippen LogP contribution in [0, 0.1) is 5.41 Å². The van der Waals surface area contributed by atoms with Gasteiger partial charge in [0.2, 0.25) is 0 Å². The van der Waals surface area contributed by atoms with Crippen LogP contribution in [-0.2, 0) is 19.0 Å². The maximum absolute atomic E-state index is 11.2. The topological polar surface area (TPSA) is 44.8 Å². The Morgan fingerprint density at radius 3 is 2.43 bits per heavy atom. The summed E-state index contributed by atoms with van der Waals surface area (Å²) in [4.78, 5) is 11.2. The Labute approximate surface area is 84.5 Å². The average Bonchev–Trinajstić information content (AvgIpc) is 2.42. The van der Waals surface area contributed by atoms with Crippen molar-refractivity contribution in [3.63, 3.8) is 0 Å². The van der Waals surface area contributed by atoms with Crippen LogP contribution in [0.3, 0.4) is 0 Å². The van der Waals surface area contributed by atoms with Crippen LogP contribution < -0.4 is 0 Å². The molecule has 4 nitrogen and oxygen atoms in total. The van der Waals surface area contributed by atoms with Gasteiger partial charge < -0.3 is 14.2 Å². The van der Waals surface area contributed by atoms with Gasteiger partial charge in [0.05, 0.1) is 13.7 Å². The van der Waals surface area contributed by atoms with Gasteiger partial charge in [0.15, 0.2) is 5.79 Å². The third kappa shape index (κ3) is 1.77. The van der Waals surface area contributed by atoms with Gasteiger partial charge in [0.1, 0.15) is 6.42 Å². The Morgan fingerprint density at radius 2 is 2.07 bits per heavy atom. The fourth-order valence-corrected chi connectivity index (χ4v) is 1.82. The molecule has 1 atom stereocenters. The molecule has 1 saturated heterocycles. The van der Waals surface area contributed by atoms with Gasteiger partial charge in [-0.3, -0.25) is 4.79 Å². The minimum absolute atomic E-state index is 0.146. The smallest absolute Gasteiger partial charge is 0.311 e. The monoisotopic (exact) mass is 202 g/mol.